The van der Waals surface area contributed by atoms with E-state index in [9.17, 15) is 14.4 Å². The number of carbonyl (C=O) groups is 3. The van der Waals surface area contributed by atoms with Crippen LogP contribution in [-0.4, -0.2) is 79.3 Å². The van der Waals surface area contributed by atoms with Crippen LogP contribution in [-0.2, 0) is 9.59 Å². The molecule has 0 spiro atoms. The van der Waals surface area contributed by atoms with Crippen molar-refractivity contribution in [2.75, 3.05) is 40.8 Å². The van der Waals surface area contributed by atoms with E-state index in [4.69, 9.17) is 16.3 Å². The van der Waals surface area contributed by atoms with Crippen LogP contribution in [0.2, 0.25) is 5.02 Å². The molecule has 0 saturated carbocycles. The molecule has 1 aromatic carbocycles. The van der Waals surface area contributed by atoms with Gasteiger partial charge in [0.2, 0.25) is 11.8 Å². The van der Waals surface area contributed by atoms with Crippen LogP contribution in [0.25, 0.3) is 0 Å². The summed E-state index contributed by atoms with van der Waals surface area (Å²) in [7, 11) is 5.02. The number of rotatable bonds is 4. The highest BCUT2D eigenvalue weighted by molar-refractivity contribution is 6.31. The third-order valence-electron chi connectivity index (χ3n) is 5.79. The van der Waals surface area contributed by atoms with E-state index in [0.717, 1.165) is 6.42 Å². The molecule has 0 N–H and O–H groups in total. The van der Waals surface area contributed by atoms with Crippen LogP contribution in [0.15, 0.2) is 18.2 Å². The van der Waals surface area contributed by atoms with E-state index in [1.165, 1.54) is 7.11 Å². The number of ether oxygens (including phenoxy) is 1. The van der Waals surface area contributed by atoms with Crippen molar-refractivity contribution in [2.45, 2.75) is 31.7 Å². The zero-order valence-electron chi connectivity index (χ0n) is 17.2. The molecule has 0 aliphatic carbocycles. The highest BCUT2D eigenvalue weighted by atomic mass is 35.5. The van der Waals surface area contributed by atoms with Gasteiger partial charge < -0.3 is 19.4 Å². The van der Waals surface area contributed by atoms with Crippen LogP contribution in [0, 0.1) is 5.92 Å². The van der Waals surface area contributed by atoms with Gasteiger partial charge in [-0.3, -0.25) is 14.4 Å². The van der Waals surface area contributed by atoms with Crippen molar-refractivity contribution in [1.29, 1.82) is 0 Å². The van der Waals surface area contributed by atoms with Crippen molar-refractivity contribution in [1.82, 2.24) is 14.7 Å². The highest BCUT2D eigenvalue weighted by Gasteiger charge is 2.39. The number of carbonyl (C=O) groups excluding carboxylic acids is 3. The summed E-state index contributed by atoms with van der Waals surface area (Å²) in [5.41, 5.74) is 0.370. The summed E-state index contributed by atoms with van der Waals surface area (Å²) in [5.74, 6) is 0.250. The Kier molecular flexibility index (Phi) is 6.67. The molecule has 7 nitrogen and oxygen atoms in total. The summed E-state index contributed by atoms with van der Waals surface area (Å²) >= 11 is 6.07. The summed E-state index contributed by atoms with van der Waals surface area (Å²) in [6, 6.07) is 4.44. The average molecular weight is 422 g/mol. The van der Waals surface area contributed by atoms with Gasteiger partial charge in [0.25, 0.3) is 5.91 Å². The van der Waals surface area contributed by atoms with E-state index in [-0.39, 0.29) is 23.6 Å². The second-order valence-corrected chi connectivity index (χ2v) is 8.27. The van der Waals surface area contributed by atoms with Gasteiger partial charge in [-0.2, -0.15) is 0 Å². The quantitative estimate of drug-likeness (QED) is 0.747. The first-order valence-electron chi connectivity index (χ1n) is 9.98. The van der Waals surface area contributed by atoms with Gasteiger partial charge in [0, 0.05) is 44.7 Å². The molecule has 1 atom stereocenters. The van der Waals surface area contributed by atoms with Gasteiger partial charge in [-0.05, 0) is 43.9 Å². The molecule has 0 bridgehead atoms. The molecule has 3 rings (SSSR count). The second kappa shape index (κ2) is 9.03. The predicted molar refractivity (Wildman–Crippen MR) is 110 cm³/mol. The maximum Gasteiger partial charge on any atom is 0.258 e. The maximum atomic E-state index is 13.2. The predicted octanol–water partition coefficient (Wildman–Crippen LogP) is 2.28. The summed E-state index contributed by atoms with van der Waals surface area (Å²) in [6.07, 6.45) is 2.74. The van der Waals surface area contributed by atoms with Crippen LogP contribution in [0.3, 0.4) is 0 Å². The number of nitrogens with zero attached hydrogens (tertiary/aromatic N) is 3. The van der Waals surface area contributed by atoms with E-state index < -0.39 is 6.04 Å². The number of piperidine rings is 1. The number of likely N-dealkylation sites (tertiary alicyclic amines) is 2. The van der Waals surface area contributed by atoms with Crippen LogP contribution < -0.4 is 4.74 Å². The summed E-state index contributed by atoms with van der Waals surface area (Å²) in [5, 5.41) is 0.448. The lowest BCUT2D eigenvalue weighted by Gasteiger charge is -2.35. The molecule has 8 heteroatoms. The fourth-order valence-electron chi connectivity index (χ4n) is 4.19. The number of hydrogen-bond donors (Lipinski definition) is 0. The van der Waals surface area contributed by atoms with Crippen LogP contribution in [0.5, 0.6) is 5.75 Å². The number of benzene rings is 1. The summed E-state index contributed by atoms with van der Waals surface area (Å²) in [6.45, 7) is 1.62. The van der Waals surface area contributed by atoms with Crippen molar-refractivity contribution >= 4 is 29.3 Å². The number of hydrogen-bond acceptors (Lipinski definition) is 4. The SMILES string of the molecule is COc1ccc(Cl)cc1C(=O)N1CCC[C@@H]1C(=O)N1CCC(C(=O)N(C)C)CC1. The van der Waals surface area contributed by atoms with E-state index in [0.29, 0.717) is 55.2 Å². The molecule has 1 aromatic rings. The number of amides is 3. The maximum absolute atomic E-state index is 13.2. The minimum Gasteiger partial charge on any atom is -0.496 e. The lowest BCUT2D eigenvalue weighted by molar-refractivity contribution is -0.141. The molecule has 0 radical (unpaired) electrons. The van der Waals surface area contributed by atoms with Gasteiger partial charge in [-0.15, -0.1) is 0 Å². The van der Waals surface area contributed by atoms with Gasteiger partial charge in [-0.25, -0.2) is 0 Å². The first kappa shape index (κ1) is 21.4. The van der Waals surface area contributed by atoms with Gasteiger partial charge >= 0.3 is 0 Å². The standard InChI is InChI=1S/C21H28ClN3O4/c1-23(2)19(26)14-8-11-24(12-9-14)21(28)17-5-4-10-25(17)20(27)16-13-15(22)6-7-18(16)29-3/h6-7,13-14,17H,4-5,8-12H2,1-3H3/t17-/m1/s1. The lowest BCUT2D eigenvalue weighted by atomic mass is 9.95. The molecular weight excluding hydrogens is 394 g/mol. The Labute approximate surface area is 176 Å². The molecule has 0 aromatic heterocycles. The third kappa shape index (κ3) is 4.50. The zero-order valence-corrected chi connectivity index (χ0v) is 17.9. The molecule has 3 amide bonds. The monoisotopic (exact) mass is 421 g/mol. The molecule has 29 heavy (non-hydrogen) atoms. The largest absolute Gasteiger partial charge is 0.496 e. The fraction of sp³-hybridized carbons (Fsp3) is 0.571. The Balaban J connectivity index is 1.70. The Hall–Kier alpha value is -2.28. The molecule has 0 unspecified atom stereocenters. The van der Waals surface area contributed by atoms with Gasteiger partial charge in [0.05, 0.1) is 12.7 Å². The molecule has 2 saturated heterocycles. The Bertz CT molecular complexity index is 790. The van der Waals surface area contributed by atoms with E-state index in [1.807, 2.05) is 0 Å². The second-order valence-electron chi connectivity index (χ2n) is 7.83. The van der Waals surface area contributed by atoms with Crippen molar-refractivity contribution in [3.8, 4) is 5.75 Å². The summed E-state index contributed by atoms with van der Waals surface area (Å²) in [4.78, 5) is 43.5. The van der Waals surface area contributed by atoms with E-state index in [1.54, 1.807) is 47.0 Å². The van der Waals surface area contributed by atoms with Gasteiger partial charge in [0.15, 0.2) is 0 Å². The number of methoxy groups -OCH3 is 1. The van der Waals surface area contributed by atoms with E-state index >= 15 is 0 Å². The molecule has 2 aliphatic rings. The topological polar surface area (TPSA) is 70.2 Å². The summed E-state index contributed by atoms with van der Waals surface area (Å²) < 4.78 is 5.31. The number of halogens is 1. The molecule has 2 aliphatic heterocycles. The van der Waals surface area contributed by atoms with Crippen molar-refractivity contribution in [2.24, 2.45) is 5.92 Å². The van der Waals surface area contributed by atoms with Crippen LogP contribution >= 0.6 is 11.6 Å². The minimum atomic E-state index is -0.479. The first-order chi connectivity index (χ1) is 13.8. The molecular formula is C21H28ClN3O4. The van der Waals surface area contributed by atoms with Gasteiger partial charge in [-0.1, -0.05) is 11.6 Å². The Morgan fingerprint density at radius 3 is 2.41 bits per heavy atom. The molecule has 2 fully saturated rings. The first-order valence-corrected chi connectivity index (χ1v) is 10.4. The van der Waals surface area contributed by atoms with Crippen LogP contribution in [0.4, 0.5) is 0 Å². The average Bonchev–Trinajstić information content (AvgIpc) is 3.22. The third-order valence-corrected chi connectivity index (χ3v) is 6.02. The smallest absolute Gasteiger partial charge is 0.258 e. The Morgan fingerprint density at radius 1 is 1.10 bits per heavy atom. The highest BCUT2D eigenvalue weighted by Crippen LogP contribution is 2.29. The fourth-order valence-corrected chi connectivity index (χ4v) is 4.36. The van der Waals surface area contributed by atoms with Crippen molar-refractivity contribution in [3.63, 3.8) is 0 Å². The zero-order chi connectivity index (χ0) is 21.1. The molecule has 2 heterocycles. The van der Waals surface area contributed by atoms with Crippen molar-refractivity contribution in [3.05, 3.63) is 28.8 Å². The van der Waals surface area contributed by atoms with Crippen LogP contribution in [0.1, 0.15) is 36.0 Å². The lowest BCUT2D eigenvalue weighted by Crippen LogP contribution is -2.51. The van der Waals surface area contributed by atoms with Gasteiger partial charge in [0.1, 0.15) is 11.8 Å². The van der Waals surface area contributed by atoms with E-state index in [2.05, 4.69) is 0 Å². The van der Waals surface area contributed by atoms with Crippen molar-refractivity contribution < 1.29 is 19.1 Å². The molecule has 158 valence electrons. The normalized spacial score (nSPS) is 19.9. The minimum absolute atomic E-state index is 0.0346. The Morgan fingerprint density at radius 2 is 1.79 bits per heavy atom.